The largest absolute Gasteiger partial charge is 0.387 e. The minimum atomic E-state index is -0.414. The van der Waals surface area contributed by atoms with Crippen LogP contribution in [0.3, 0.4) is 0 Å². The van der Waals surface area contributed by atoms with E-state index in [1.54, 1.807) is 0 Å². The van der Waals surface area contributed by atoms with Crippen LogP contribution in [0.2, 0.25) is 0 Å². The first-order chi connectivity index (χ1) is 7.86. The van der Waals surface area contributed by atoms with Crippen LogP contribution in [-0.4, -0.2) is 29.7 Å². The summed E-state index contributed by atoms with van der Waals surface area (Å²) in [4.78, 5) is 0. The number of aliphatic hydroxyl groups is 1. The summed E-state index contributed by atoms with van der Waals surface area (Å²) in [5, 5.41) is 12.2. The summed E-state index contributed by atoms with van der Waals surface area (Å²) in [6.45, 7) is 2.80. The number of benzene rings is 1. The number of piperidine rings is 1. The molecule has 2 rings (SSSR count). The van der Waals surface area contributed by atoms with Crippen molar-refractivity contribution in [1.29, 1.82) is 0 Å². The number of hydrogen-bond donors (Lipinski definition) is 2. The molecule has 0 bridgehead atoms. The lowest BCUT2D eigenvalue weighted by molar-refractivity contribution is 0.0996. The van der Waals surface area contributed by atoms with Crippen LogP contribution in [0.15, 0.2) is 30.3 Å². The van der Waals surface area contributed by atoms with Gasteiger partial charge in [-0.25, -0.2) is 5.01 Å². The summed E-state index contributed by atoms with van der Waals surface area (Å²) in [5.41, 5.74) is 4.28. The molecule has 0 aliphatic carbocycles. The zero-order valence-corrected chi connectivity index (χ0v) is 9.60. The molecule has 0 radical (unpaired) electrons. The monoisotopic (exact) mass is 220 g/mol. The second kappa shape index (κ2) is 5.99. The molecule has 0 amide bonds. The first kappa shape index (κ1) is 11.6. The fraction of sp³-hybridized carbons (Fsp3) is 0.538. The van der Waals surface area contributed by atoms with Gasteiger partial charge in [-0.15, -0.1) is 0 Å². The van der Waals surface area contributed by atoms with Crippen LogP contribution in [0.1, 0.15) is 30.9 Å². The third-order valence-corrected chi connectivity index (χ3v) is 3.05. The number of hydrogen-bond acceptors (Lipinski definition) is 3. The molecule has 1 fully saturated rings. The fourth-order valence-corrected chi connectivity index (χ4v) is 2.06. The normalized spacial score (nSPS) is 19.6. The maximum absolute atomic E-state index is 9.96. The van der Waals surface area contributed by atoms with Crippen LogP contribution in [0.25, 0.3) is 0 Å². The summed E-state index contributed by atoms with van der Waals surface area (Å²) in [6.07, 6.45) is 3.44. The van der Waals surface area contributed by atoms with Gasteiger partial charge >= 0.3 is 0 Å². The van der Waals surface area contributed by atoms with Crippen LogP contribution >= 0.6 is 0 Å². The molecule has 1 heterocycles. The van der Waals surface area contributed by atoms with Crippen molar-refractivity contribution in [3.8, 4) is 0 Å². The Kier molecular flexibility index (Phi) is 4.34. The van der Waals surface area contributed by atoms with Gasteiger partial charge < -0.3 is 5.11 Å². The summed E-state index contributed by atoms with van der Waals surface area (Å²) in [6, 6.07) is 9.80. The molecule has 0 saturated carbocycles. The Balaban J connectivity index is 1.77. The first-order valence-electron chi connectivity index (χ1n) is 6.08. The van der Waals surface area contributed by atoms with E-state index in [0.717, 1.165) is 18.7 Å². The van der Waals surface area contributed by atoms with E-state index in [1.165, 1.54) is 19.3 Å². The molecule has 0 aromatic heterocycles. The van der Waals surface area contributed by atoms with E-state index in [-0.39, 0.29) is 0 Å². The predicted octanol–water partition coefficient (Wildman–Crippen LogP) is 1.71. The molecule has 3 heteroatoms. The number of hydrazine groups is 1. The molecule has 1 aromatic carbocycles. The molecule has 1 atom stereocenters. The zero-order valence-electron chi connectivity index (χ0n) is 9.60. The van der Waals surface area contributed by atoms with Gasteiger partial charge in [0.2, 0.25) is 0 Å². The van der Waals surface area contributed by atoms with Crippen molar-refractivity contribution in [2.24, 2.45) is 0 Å². The van der Waals surface area contributed by atoms with Crippen molar-refractivity contribution in [3.05, 3.63) is 35.9 Å². The van der Waals surface area contributed by atoms with Crippen molar-refractivity contribution in [2.45, 2.75) is 25.4 Å². The Morgan fingerprint density at radius 1 is 1.12 bits per heavy atom. The predicted molar refractivity (Wildman–Crippen MR) is 64.8 cm³/mol. The third kappa shape index (κ3) is 3.30. The average molecular weight is 220 g/mol. The lowest BCUT2D eigenvalue weighted by atomic mass is 10.1. The first-order valence-corrected chi connectivity index (χ1v) is 6.08. The van der Waals surface area contributed by atoms with E-state index in [1.807, 2.05) is 30.3 Å². The highest BCUT2D eigenvalue weighted by atomic mass is 16.3. The number of nitrogens with one attached hydrogen (secondary N) is 1. The van der Waals surface area contributed by atoms with Crippen LogP contribution in [-0.2, 0) is 0 Å². The fourth-order valence-electron chi connectivity index (χ4n) is 2.06. The van der Waals surface area contributed by atoms with Crippen molar-refractivity contribution in [3.63, 3.8) is 0 Å². The van der Waals surface area contributed by atoms with Gasteiger partial charge in [0.25, 0.3) is 0 Å². The smallest absolute Gasteiger partial charge is 0.0928 e. The minimum Gasteiger partial charge on any atom is -0.387 e. The molecule has 3 nitrogen and oxygen atoms in total. The summed E-state index contributed by atoms with van der Waals surface area (Å²) < 4.78 is 0. The topological polar surface area (TPSA) is 35.5 Å². The molecule has 1 aliphatic heterocycles. The Morgan fingerprint density at radius 2 is 1.81 bits per heavy atom. The standard InChI is InChI=1S/C13H20N2O/c16-13(12-7-3-1-4-8-12)11-14-15-9-5-2-6-10-15/h1,3-4,7-8,13-14,16H,2,5-6,9-11H2. The highest BCUT2D eigenvalue weighted by molar-refractivity contribution is 5.17. The minimum absolute atomic E-state index is 0.414. The molecule has 2 N–H and O–H groups in total. The lowest BCUT2D eigenvalue weighted by Gasteiger charge is -2.28. The number of rotatable bonds is 4. The zero-order chi connectivity index (χ0) is 11.2. The third-order valence-electron chi connectivity index (χ3n) is 3.05. The van der Waals surface area contributed by atoms with Gasteiger partial charge in [0.05, 0.1) is 6.10 Å². The molecule has 1 aliphatic rings. The molecule has 88 valence electrons. The maximum Gasteiger partial charge on any atom is 0.0928 e. The van der Waals surface area contributed by atoms with Gasteiger partial charge in [-0.3, -0.25) is 5.43 Å². The van der Waals surface area contributed by atoms with Crippen molar-refractivity contribution in [1.82, 2.24) is 10.4 Å². The van der Waals surface area contributed by atoms with Crippen molar-refractivity contribution in [2.75, 3.05) is 19.6 Å². The summed E-state index contributed by atoms with van der Waals surface area (Å²) in [5.74, 6) is 0. The molecule has 1 unspecified atom stereocenters. The lowest BCUT2D eigenvalue weighted by Crippen LogP contribution is -2.43. The van der Waals surface area contributed by atoms with E-state index in [2.05, 4.69) is 10.4 Å². The van der Waals surface area contributed by atoms with Crippen LogP contribution in [0, 0.1) is 0 Å². The quantitative estimate of drug-likeness (QED) is 0.811. The second-order valence-corrected chi connectivity index (χ2v) is 4.34. The van der Waals surface area contributed by atoms with Crippen molar-refractivity contribution >= 4 is 0 Å². The van der Waals surface area contributed by atoms with Crippen LogP contribution < -0.4 is 5.43 Å². The summed E-state index contributed by atoms with van der Waals surface area (Å²) >= 11 is 0. The van der Waals surface area contributed by atoms with Gasteiger partial charge in [0.1, 0.15) is 0 Å². The molecular formula is C13H20N2O. The molecule has 16 heavy (non-hydrogen) atoms. The molecular weight excluding hydrogens is 200 g/mol. The van der Waals surface area contributed by atoms with Gasteiger partial charge in [-0.2, -0.15) is 0 Å². The van der Waals surface area contributed by atoms with E-state index in [9.17, 15) is 5.11 Å². The van der Waals surface area contributed by atoms with Gasteiger partial charge in [-0.05, 0) is 18.4 Å². The van der Waals surface area contributed by atoms with Crippen LogP contribution in [0.4, 0.5) is 0 Å². The Hall–Kier alpha value is -0.900. The molecule has 1 saturated heterocycles. The number of nitrogens with zero attached hydrogens (tertiary/aromatic N) is 1. The highest BCUT2D eigenvalue weighted by Gasteiger charge is 2.12. The Labute approximate surface area is 97.1 Å². The maximum atomic E-state index is 9.96. The average Bonchev–Trinajstić information content (AvgIpc) is 2.38. The Morgan fingerprint density at radius 3 is 2.50 bits per heavy atom. The number of aliphatic hydroxyl groups excluding tert-OH is 1. The SMILES string of the molecule is OC(CNN1CCCCC1)c1ccccc1. The second-order valence-electron chi connectivity index (χ2n) is 4.34. The molecule has 1 aromatic rings. The van der Waals surface area contributed by atoms with E-state index in [4.69, 9.17) is 0 Å². The van der Waals surface area contributed by atoms with E-state index < -0.39 is 6.10 Å². The van der Waals surface area contributed by atoms with E-state index in [0.29, 0.717) is 6.54 Å². The van der Waals surface area contributed by atoms with Gasteiger partial charge in [0.15, 0.2) is 0 Å². The van der Waals surface area contributed by atoms with Gasteiger partial charge in [-0.1, -0.05) is 36.8 Å². The Bertz CT molecular complexity index is 296. The van der Waals surface area contributed by atoms with E-state index >= 15 is 0 Å². The molecule has 0 spiro atoms. The van der Waals surface area contributed by atoms with Gasteiger partial charge in [0, 0.05) is 19.6 Å². The summed E-state index contributed by atoms with van der Waals surface area (Å²) in [7, 11) is 0. The van der Waals surface area contributed by atoms with Crippen LogP contribution in [0.5, 0.6) is 0 Å². The van der Waals surface area contributed by atoms with Crippen molar-refractivity contribution < 1.29 is 5.11 Å². The highest BCUT2D eigenvalue weighted by Crippen LogP contribution is 2.12.